The molecule has 1 fully saturated rings. The Morgan fingerprint density at radius 3 is 2.50 bits per heavy atom. The fourth-order valence-electron chi connectivity index (χ4n) is 3.13. The Bertz CT molecular complexity index is 545. The highest BCUT2D eigenvalue weighted by atomic mass is 127. The predicted octanol–water partition coefficient (Wildman–Crippen LogP) is -0.447. The van der Waals surface area contributed by atoms with Crippen molar-refractivity contribution in [1.29, 1.82) is 0 Å². The molecule has 0 radical (unpaired) electrons. The fraction of sp³-hybridized carbons (Fsp3) is 0.562. The molecule has 0 unspecified atom stereocenters. The van der Waals surface area contributed by atoms with Gasteiger partial charge in [-0.1, -0.05) is 0 Å². The van der Waals surface area contributed by atoms with E-state index in [1.54, 1.807) is 0 Å². The Balaban J connectivity index is 0.00000147. The van der Waals surface area contributed by atoms with Crippen LogP contribution in [0.3, 0.4) is 0 Å². The van der Waals surface area contributed by atoms with Crippen LogP contribution < -0.4 is 28.9 Å². The van der Waals surface area contributed by atoms with Gasteiger partial charge in [0.2, 0.25) is 5.69 Å². The maximum Gasteiger partial charge on any atom is 0.209 e. The minimum Gasteiger partial charge on any atom is -1.00 e. The third-order valence-electron chi connectivity index (χ3n) is 4.80. The smallest absolute Gasteiger partial charge is 0.209 e. The first kappa shape index (κ1) is 15.8. The molecule has 2 heterocycles. The summed E-state index contributed by atoms with van der Waals surface area (Å²) >= 11 is 0. The van der Waals surface area contributed by atoms with Crippen molar-refractivity contribution in [3.63, 3.8) is 0 Å². The number of hydrogen-bond donors (Lipinski definition) is 0. The van der Waals surface area contributed by atoms with Crippen molar-refractivity contribution in [2.75, 3.05) is 38.3 Å². The van der Waals surface area contributed by atoms with E-state index in [4.69, 9.17) is 4.74 Å². The van der Waals surface area contributed by atoms with Gasteiger partial charge in [-0.25, -0.2) is 4.58 Å². The molecule has 1 aromatic carbocycles. The summed E-state index contributed by atoms with van der Waals surface area (Å²) in [5, 5.41) is 0. The Labute approximate surface area is 138 Å². The van der Waals surface area contributed by atoms with Crippen molar-refractivity contribution in [2.24, 2.45) is 0 Å². The van der Waals surface area contributed by atoms with Crippen LogP contribution in [0.5, 0.6) is 0 Å². The van der Waals surface area contributed by atoms with E-state index in [2.05, 4.69) is 55.5 Å². The van der Waals surface area contributed by atoms with Gasteiger partial charge in [0.15, 0.2) is 5.71 Å². The molecule has 4 heteroatoms. The van der Waals surface area contributed by atoms with Crippen LogP contribution in [0.15, 0.2) is 18.2 Å². The van der Waals surface area contributed by atoms with Gasteiger partial charge < -0.3 is 33.6 Å². The summed E-state index contributed by atoms with van der Waals surface area (Å²) in [7, 11) is 2.16. The lowest BCUT2D eigenvalue weighted by molar-refractivity contribution is -0.403. The molecule has 0 N–H and O–H groups in total. The van der Waals surface area contributed by atoms with Gasteiger partial charge >= 0.3 is 0 Å². The number of fused-ring (bicyclic) bond motifs is 1. The maximum atomic E-state index is 5.43. The minimum atomic E-state index is 0. The number of halogens is 1. The summed E-state index contributed by atoms with van der Waals surface area (Å²) in [5.41, 5.74) is 5.67. The van der Waals surface area contributed by atoms with E-state index >= 15 is 0 Å². The van der Waals surface area contributed by atoms with Crippen molar-refractivity contribution < 1.29 is 33.3 Å². The monoisotopic (exact) mass is 386 g/mol. The van der Waals surface area contributed by atoms with Gasteiger partial charge in [-0.15, -0.1) is 0 Å². The van der Waals surface area contributed by atoms with Gasteiger partial charge in [-0.3, -0.25) is 0 Å². The summed E-state index contributed by atoms with van der Waals surface area (Å²) in [6.07, 6.45) is 0. The highest BCUT2D eigenvalue weighted by Gasteiger charge is 2.41. The zero-order valence-corrected chi connectivity index (χ0v) is 14.9. The molecular formula is C16H23IN2O. The zero-order valence-electron chi connectivity index (χ0n) is 12.7. The summed E-state index contributed by atoms with van der Waals surface area (Å²) < 4.78 is 7.75. The highest BCUT2D eigenvalue weighted by molar-refractivity contribution is 5.93. The molecule has 110 valence electrons. The lowest BCUT2D eigenvalue weighted by Gasteiger charge is -2.29. The van der Waals surface area contributed by atoms with Crippen LogP contribution >= 0.6 is 0 Å². The number of morpholine rings is 1. The molecule has 3 rings (SSSR count). The molecule has 20 heavy (non-hydrogen) atoms. The highest BCUT2D eigenvalue weighted by Crippen LogP contribution is 2.40. The predicted molar refractivity (Wildman–Crippen MR) is 79.0 cm³/mol. The lowest BCUT2D eigenvalue weighted by Crippen LogP contribution is -3.00. The molecule has 0 amide bonds. The second kappa shape index (κ2) is 5.64. The Kier molecular flexibility index (Phi) is 4.44. The molecule has 3 nitrogen and oxygen atoms in total. The summed E-state index contributed by atoms with van der Waals surface area (Å²) in [6, 6.07) is 6.88. The van der Waals surface area contributed by atoms with E-state index in [1.165, 1.54) is 22.6 Å². The van der Waals surface area contributed by atoms with Crippen LogP contribution in [0.2, 0.25) is 0 Å². The third kappa shape index (κ3) is 2.37. The molecule has 0 spiro atoms. The van der Waals surface area contributed by atoms with E-state index in [9.17, 15) is 0 Å². The number of ether oxygens (including phenoxy) is 1. The second-order valence-electron chi connectivity index (χ2n) is 6.07. The first-order valence-corrected chi connectivity index (χ1v) is 7.07. The van der Waals surface area contributed by atoms with E-state index in [0.29, 0.717) is 0 Å². The van der Waals surface area contributed by atoms with Crippen molar-refractivity contribution in [3.05, 3.63) is 23.8 Å². The SMILES string of the molecule is CC1=[N+](C)c2ccc(N3CCOCC3)cc2C1(C)C.[I-]. The number of hydrogen-bond acceptors (Lipinski definition) is 2. The maximum absolute atomic E-state index is 5.43. The van der Waals surface area contributed by atoms with Crippen LogP contribution in [-0.2, 0) is 10.2 Å². The van der Waals surface area contributed by atoms with Crippen LogP contribution in [-0.4, -0.2) is 43.6 Å². The average Bonchev–Trinajstić information content (AvgIpc) is 2.61. The van der Waals surface area contributed by atoms with Crippen LogP contribution in [0.25, 0.3) is 0 Å². The molecule has 0 aromatic heterocycles. The van der Waals surface area contributed by atoms with E-state index in [0.717, 1.165) is 26.3 Å². The van der Waals surface area contributed by atoms with Crippen molar-refractivity contribution >= 4 is 17.1 Å². The normalized spacial score (nSPS) is 20.7. The van der Waals surface area contributed by atoms with E-state index < -0.39 is 0 Å². The van der Waals surface area contributed by atoms with E-state index in [-0.39, 0.29) is 29.4 Å². The standard InChI is InChI=1S/C16H23N2O.HI/c1-12-16(2,3)14-11-13(5-6-15(14)17(12)4)18-7-9-19-10-8-18;/h5-6,11H,7-10H2,1-4H3;1H/q+1;/p-1. The average molecular weight is 386 g/mol. The summed E-state index contributed by atoms with van der Waals surface area (Å²) in [6.45, 7) is 10.5. The molecule has 1 aromatic rings. The first-order valence-electron chi connectivity index (χ1n) is 7.07. The number of anilines is 1. The van der Waals surface area contributed by atoms with Crippen molar-refractivity contribution in [3.8, 4) is 0 Å². The van der Waals surface area contributed by atoms with Gasteiger partial charge in [0.1, 0.15) is 7.05 Å². The fourth-order valence-corrected chi connectivity index (χ4v) is 3.13. The van der Waals surface area contributed by atoms with Gasteiger partial charge in [0, 0.05) is 37.3 Å². The lowest BCUT2D eigenvalue weighted by atomic mass is 9.82. The summed E-state index contributed by atoms with van der Waals surface area (Å²) in [4.78, 5) is 2.42. The minimum absolute atomic E-state index is 0. The molecule has 0 aliphatic carbocycles. The van der Waals surface area contributed by atoms with Crippen LogP contribution in [0.1, 0.15) is 26.3 Å². The topological polar surface area (TPSA) is 15.5 Å². The third-order valence-corrected chi connectivity index (χ3v) is 4.80. The molecule has 2 aliphatic rings. The first-order chi connectivity index (χ1) is 9.01. The molecule has 0 saturated carbocycles. The van der Waals surface area contributed by atoms with Crippen LogP contribution in [0.4, 0.5) is 11.4 Å². The van der Waals surface area contributed by atoms with Gasteiger partial charge in [0.25, 0.3) is 0 Å². The molecule has 2 aliphatic heterocycles. The van der Waals surface area contributed by atoms with Crippen molar-refractivity contribution in [2.45, 2.75) is 26.2 Å². The molecular weight excluding hydrogens is 363 g/mol. The molecule has 1 saturated heterocycles. The van der Waals surface area contributed by atoms with Gasteiger partial charge in [0.05, 0.1) is 18.6 Å². The zero-order chi connectivity index (χ0) is 13.6. The number of rotatable bonds is 1. The molecule has 0 atom stereocenters. The van der Waals surface area contributed by atoms with E-state index in [1.807, 2.05) is 0 Å². The Morgan fingerprint density at radius 2 is 1.85 bits per heavy atom. The van der Waals surface area contributed by atoms with Gasteiger partial charge in [-0.2, -0.15) is 0 Å². The quantitative estimate of drug-likeness (QED) is 0.480. The number of benzene rings is 1. The summed E-state index contributed by atoms with van der Waals surface area (Å²) in [5.74, 6) is 0. The Morgan fingerprint density at radius 1 is 1.20 bits per heavy atom. The van der Waals surface area contributed by atoms with Crippen molar-refractivity contribution in [1.82, 2.24) is 0 Å². The Hall–Kier alpha value is -0.620. The molecule has 0 bridgehead atoms. The van der Waals surface area contributed by atoms with Gasteiger partial charge in [-0.05, 0) is 26.0 Å². The number of nitrogens with zero attached hydrogens (tertiary/aromatic N) is 2. The van der Waals surface area contributed by atoms with Crippen LogP contribution in [0, 0.1) is 0 Å². The largest absolute Gasteiger partial charge is 1.00 e. The second-order valence-corrected chi connectivity index (χ2v) is 6.07.